The highest BCUT2D eigenvalue weighted by atomic mass is 19.3. The van der Waals surface area contributed by atoms with Crippen LogP contribution in [-0.2, 0) is 4.79 Å². The van der Waals surface area contributed by atoms with Crippen LogP contribution < -0.4 is 5.73 Å². The molecule has 1 atom stereocenters. The summed E-state index contributed by atoms with van der Waals surface area (Å²) in [6.07, 6.45) is 1.03. The topological polar surface area (TPSA) is 73.4 Å². The molecule has 0 aromatic heterocycles. The number of nitrogens with one attached hydrogen (secondary N) is 1. The lowest BCUT2D eigenvalue weighted by atomic mass is 9.91. The summed E-state index contributed by atoms with van der Waals surface area (Å²) in [5, 5.41) is 8.13. The molecule has 2 rings (SSSR count). The maximum Gasteiger partial charge on any atom is 0.253 e. The lowest BCUT2D eigenvalue weighted by molar-refractivity contribution is -0.136. The molecule has 1 saturated carbocycles. The quantitative estimate of drug-likeness (QED) is 0.801. The molecule has 2 fully saturated rings. The molecule has 1 amide bonds. The molecule has 0 spiro atoms. The fourth-order valence-corrected chi connectivity index (χ4v) is 2.59. The molecule has 1 saturated heterocycles. The lowest BCUT2D eigenvalue weighted by Crippen LogP contribution is -2.41. The van der Waals surface area contributed by atoms with Gasteiger partial charge in [-0.05, 0) is 13.8 Å². The van der Waals surface area contributed by atoms with Gasteiger partial charge in [0, 0.05) is 38.7 Å². The number of rotatable bonds is 2. The van der Waals surface area contributed by atoms with Gasteiger partial charge in [-0.1, -0.05) is 0 Å². The highest BCUT2D eigenvalue weighted by molar-refractivity contribution is 6.02. The zero-order chi connectivity index (χ0) is 15.3. The van der Waals surface area contributed by atoms with Crippen molar-refractivity contribution in [1.29, 1.82) is 5.41 Å². The summed E-state index contributed by atoms with van der Waals surface area (Å²) >= 11 is 0. The second-order valence-electron chi connectivity index (χ2n) is 6.19. The fraction of sp³-hybridized carbons (Fsp3) is 0.692. The molecular formula is C13H20F2N4O. The highest BCUT2D eigenvalue weighted by Gasteiger charge is 2.58. The Morgan fingerprint density at radius 1 is 1.50 bits per heavy atom. The lowest BCUT2D eigenvalue weighted by Gasteiger charge is -2.29. The number of carbonyl (C=O) groups is 1. The first-order chi connectivity index (χ1) is 9.10. The number of likely N-dealkylation sites (N-methyl/N-ethyl adjacent to an activating group) is 1. The Labute approximate surface area is 116 Å². The number of alkyl halides is 2. The Hall–Kier alpha value is -1.66. The Balaban J connectivity index is 2.27. The summed E-state index contributed by atoms with van der Waals surface area (Å²) in [6.45, 7) is 3.81. The Kier molecular flexibility index (Phi) is 3.26. The predicted molar refractivity (Wildman–Crippen MR) is 71.2 cm³/mol. The largest absolute Gasteiger partial charge is 0.403 e. The molecule has 20 heavy (non-hydrogen) atoms. The number of nitrogens with two attached hydrogens (primary N) is 1. The van der Waals surface area contributed by atoms with Crippen molar-refractivity contribution in [2.24, 2.45) is 17.1 Å². The second-order valence-corrected chi connectivity index (χ2v) is 6.19. The summed E-state index contributed by atoms with van der Waals surface area (Å²) in [5.41, 5.74) is 4.99. The number of halogens is 2. The van der Waals surface area contributed by atoms with Crippen LogP contribution in [-0.4, -0.2) is 47.6 Å². The molecule has 2 aliphatic rings. The van der Waals surface area contributed by atoms with Crippen molar-refractivity contribution in [1.82, 2.24) is 9.80 Å². The maximum atomic E-state index is 13.1. The summed E-state index contributed by atoms with van der Waals surface area (Å²) < 4.78 is 26.2. The van der Waals surface area contributed by atoms with E-state index in [1.165, 1.54) is 16.0 Å². The monoisotopic (exact) mass is 286 g/mol. The molecule has 1 aliphatic heterocycles. The van der Waals surface area contributed by atoms with Crippen molar-refractivity contribution in [3.8, 4) is 0 Å². The third-order valence-corrected chi connectivity index (χ3v) is 3.94. The molecule has 0 aromatic carbocycles. The van der Waals surface area contributed by atoms with Gasteiger partial charge in [0.2, 0.25) is 5.91 Å². The van der Waals surface area contributed by atoms with Crippen LogP contribution in [0.25, 0.3) is 0 Å². The van der Waals surface area contributed by atoms with Crippen molar-refractivity contribution < 1.29 is 13.6 Å². The minimum Gasteiger partial charge on any atom is -0.403 e. The first-order valence-corrected chi connectivity index (χ1v) is 6.52. The van der Waals surface area contributed by atoms with Crippen molar-refractivity contribution in [3.63, 3.8) is 0 Å². The maximum absolute atomic E-state index is 13.1. The van der Waals surface area contributed by atoms with E-state index in [-0.39, 0.29) is 37.0 Å². The van der Waals surface area contributed by atoms with Crippen molar-refractivity contribution in [2.45, 2.75) is 26.2 Å². The molecule has 3 N–H and O–H groups in total. The summed E-state index contributed by atoms with van der Waals surface area (Å²) in [7, 11) is 1.55. The zero-order valence-corrected chi connectivity index (χ0v) is 11.9. The first kappa shape index (κ1) is 14.7. The van der Waals surface area contributed by atoms with Crippen LogP contribution in [0.15, 0.2) is 11.9 Å². The van der Waals surface area contributed by atoms with Crippen molar-refractivity contribution in [3.05, 3.63) is 11.9 Å². The van der Waals surface area contributed by atoms with Gasteiger partial charge in [-0.3, -0.25) is 10.2 Å². The van der Waals surface area contributed by atoms with Gasteiger partial charge >= 0.3 is 0 Å². The van der Waals surface area contributed by atoms with Crippen LogP contribution in [0, 0.1) is 16.7 Å². The molecule has 1 unspecified atom stereocenters. The molecule has 0 bridgehead atoms. The Morgan fingerprint density at radius 2 is 2.05 bits per heavy atom. The van der Waals surface area contributed by atoms with E-state index >= 15 is 0 Å². The predicted octanol–water partition coefficient (Wildman–Crippen LogP) is 1.22. The van der Waals surface area contributed by atoms with E-state index in [0.29, 0.717) is 0 Å². The van der Waals surface area contributed by atoms with Crippen LogP contribution in [0.3, 0.4) is 0 Å². The van der Waals surface area contributed by atoms with Crippen LogP contribution in [0.5, 0.6) is 0 Å². The van der Waals surface area contributed by atoms with Gasteiger partial charge in [0.05, 0.1) is 5.41 Å². The van der Waals surface area contributed by atoms with E-state index < -0.39 is 17.3 Å². The number of amides is 1. The van der Waals surface area contributed by atoms with Crippen LogP contribution in [0.4, 0.5) is 8.78 Å². The van der Waals surface area contributed by atoms with Gasteiger partial charge in [-0.2, -0.15) is 0 Å². The molecule has 0 radical (unpaired) electrons. The van der Waals surface area contributed by atoms with Gasteiger partial charge in [0.1, 0.15) is 11.5 Å². The second kappa shape index (κ2) is 4.43. The molecule has 1 aliphatic carbocycles. The smallest absolute Gasteiger partial charge is 0.253 e. The highest BCUT2D eigenvalue weighted by Crippen LogP contribution is 2.49. The van der Waals surface area contributed by atoms with Crippen LogP contribution in [0.2, 0.25) is 0 Å². The van der Waals surface area contributed by atoms with Crippen LogP contribution in [0.1, 0.15) is 20.3 Å². The van der Waals surface area contributed by atoms with E-state index in [1.54, 1.807) is 20.9 Å². The summed E-state index contributed by atoms with van der Waals surface area (Å²) in [4.78, 5) is 15.2. The van der Waals surface area contributed by atoms with Gasteiger partial charge in [0.15, 0.2) is 0 Å². The molecule has 5 nitrogen and oxygen atoms in total. The minimum absolute atomic E-state index is 0.0247. The van der Waals surface area contributed by atoms with Crippen molar-refractivity contribution >= 4 is 11.7 Å². The van der Waals surface area contributed by atoms with Gasteiger partial charge in [-0.15, -0.1) is 0 Å². The number of nitrogens with zero attached hydrogens (tertiary/aromatic N) is 2. The van der Waals surface area contributed by atoms with Gasteiger partial charge in [0.25, 0.3) is 5.92 Å². The standard InChI is InChI=1S/C13H20F2N4O/c1-12(2)7-19(6-8-4-13(8,14)15)10(17)9(5-16)18(3)11(12)20/h5,8,17H,4,6-7,16H2,1-3H3/b9-5+,17-10?. The third kappa shape index (κ3) is 2.36. The number of hydrogen-bond donors (Lipinski definition) is 2. The summed E-state index contributed by atoms with van der Waals surface area (Å²) in [6, 6.07) is 0. The molecule has 7 heteroatoms. The summed E-state index contributed by atoms with van der Waals surface area (Å²) in [5.74, 6) is -3.53. The molecule has 112 valence electrons. The van der Waals surface area contributed by atoms with Crippen LogP contribution >= 0.6 is 0 Å². The SMILES string of the molecule is CN1C(=O)C(C)(C)CN(CC2CC2(F)F)C(=N)/C1=C\N. The third-order valence-electron chi connectivity index (χ3n) is 3.94. The van der Waals surface area contributed by atoms with Gasteiger partial charge in [-0.25, -0.2) is 8.78 Å². The Bertz CT molecular complexity index is 487. The van der Waals surface area contributed by atoms with E-state index in [9.17, 15) is 13.6 Å². The number of carbonyl (C=O) groups excluding carboxylic acids is 1. The zero-order valence-electron chi connectivity index (χ0n) is 11.9. The average molecular weight is 286 g/mol. The molecule has 0 aromatic rings. The van der Waals surface area contributed by atoms with E-state index in [0.717, 1.165) is 0 Å². The molecular weight excluding hydrogens is 266 g/mol. The Morgan fingerprint density at radius 3 is 2.50 bits per heavy atom. The minimum atomic E-state index is -2.64. The fourth-order valence-electron chi connectivity index (χ4n) is 2.59. The van der Waals surface area contributed by atoms with Crippen molar-refractivity contribution in [2.75, 3.05) is 20.1 Å². The van der Waals surface area contributed by atoms with E-state index in [1.807, 2.05) is 0 Å². The first-order valence-electron chi connectivity index (χ1n) is 6.52. The number of hydrogen-bond acceptors (Lipinski definition) is 3. The molecule has 1 heterocycles. The number of amidine groups is 1. The normalized spacial score (nSPS) is 30.6. The van der Waals surface area contributed by atoms with E-state index in [2.05, 4.69) is 0 Å². The van der Waals surface area contributed by atoms with Gasteiger partial charge < -0.3 is 15.5 Å². The average Bonchev–Trinajstić information content (AvgIpc) is 2.94. The van der Waals surface area contributed by atoms with E-state index in [4.69, 9.17) is 11.1 Å².